The first-order chi connectivity index (χ1) is 10.3. The summed E-state index contributed by atoms with van der Waals surface area (Å²) in [5, 5.41) is 19.5. The second-order valence-corrected chi connectivity index (χ2v) is 5.85. The Balaban J connectivity index is 1.59. The molecule has 1 saturated carbocycles. The molecule has 3 aromatic heterocycles. The highest BCUT2D eigenvalue weighted by molar-refractivity contribution is 6.30. The predicted octanol–water partition coefficient (Wildman–Crippen LogP) is 3.51. The van der Waals surface area contributed by atoms with Gasteiger partial charge in [0.1, 0.15) is 0 Å². The molecule has 0 bridgehead atoms. The van der Waals surface area contributed by atoms with Crippen molar-refractivity contribution in [3.63, 3.8) is 0 Å². The van der Waals surface area contributed by atoms with Crippen LogP contribution < -0.4 is 5.32 Å². The first kappa shape index (κ1) is 12.6. The van der Waals surface area contributed by atoms with Crippen molar-refractivity contribution < 1.29 is 0 Å². The van der Waals surface area contributed by atoms with Crippen LogP contribution in [0.1, 0.15) is 37.3 Å². The molecule has 21 heavy (non-hydrogen) atoms. The number of hydrogen-bond donors (Lipinski definition) is 2. The van der Waals surface area contributed by atoms with Crippen molar-refractivity contribution in [2.45, 2.75) is 31.6 Å². The zero-order valence-electron chi connectivity index (χ0n) is 11.4. The van der Waals surface area contributed by atoms with E-state index in [2.05, 4.69) is 31.8 Å². The Kier molecular flexibility index (Phi) is 3.03. The Bertz CT molecular complexity index is 771. The van der Waals surface area contributed by atoms with Crippen molar-refractivity contribution in [3.05, 3.63) is 35.1 Å². The van der Waals surface area contributed by atoms with E-state index in [0.717, 1.165) is 5.82 Å². The maximum Gasteiger partial charge on any atom is 0.234 e. The van der Waals surface area contributed by atoms with Crippen LogP contribution in [0, 0.1) is 0 Å². The van der Waals surface area contributed by atoms with E-state index in [4.69, 9.17) is 11.6 Å². The van der Waals surface area contributed by atoms with Crippen molar-refractivity contribution in [2.75, 3.05) is 5.32 Å². The van der Waals surface area contributed by atoms with Crippen LogP contribution in [0.15, 0.2) is 24.4 Å². The summed E-state index contributed by atoms with van der Waals surface area (Å²) in [6, 6.07) is 5.64. The molecule has 6 nitrogen and oxygen atoms in total. The van der Waals surface area contributed by atoms with Crippen molar-refractivity contribution in [1.29, 1.82) is 0 Å². The number of aromatic nitrogens is 5. The lowest BCUT2D eigenvalue weighted by molar-refractivity contribution is 0.693. The van der Waals surface area contributed by atoms with Crippen LogP contribution in [0.2, 0.25) is 5.02 Å². The van der Waals surface area contributed by atoms with Crippen LogP contribution in [-0.2, 0) is 0 Å². The summed E-state index contributed by atoms with van der Waals surface area (Å²) in [7, 11) is 0. The standard InChI is InChI=1S/C14H15ClN6/c15-10-5-6-21-13(7-10)19-20-14(21)16-12-8-11(17-18-12)9-3-1-2-4-9/h5-9H,1-4H2,(H2,16,17,18,20). The average Bonchev–Trinajstić information content (AvgIpc) is 3.19. The zero-order valence-corrected chi connectivity index (χ0v) is 12.1. The van der Waals surface area contributed by atoms with Gasteiger partial charge in [0.15, 0.2) is 11.5 Å². The maximum absolute atomic E-state index is 5.95. The molecule has 3 heterocycles. The van der Waals surface area contributed by atoms with Crippen molar-refractivity contribution in [2.24, 2.45) is 0 Å². The van der Waals surface area contributed by atoms with E-state index >= 15 is 0 Å². The monoisotopic (exact) mass is 302 g/mol. The molecule has 0 atom stereocenters. The highest BCUT2D eigenvalue weighted by atomic mass is 35.5. The molecule has 0 saturated heterocycles. The fourth-order valence-electron chi connectivity index (χ4n) is 2.91. The van der Waals surface area contributed by atoms with E-state index in [0.29, 0.717) is 22.5 Å². The Labute approximate surface area is 126 Å². The Morgan fingerprint density at radius 1 is 1.24 bits per heavy atom. The van der Waals surface area contributed by atoms with Gasteiger partial charge in [0.05, 0.1) is 0 Å². The van der Waals surface area contributed by atoms with Crippen LogP contribution in [-0.4, -0.2) is 24.8 Å². The second-order valence-electron chi connectivity index (χ2n) is 5.41. The molecule has 1 aliphatic rings. The molecule has 0 amide bonds. The number of aromatic amines is 1. The Hall–Kier alpha value is -2.08. The molecule has 108 valence electrons. The molecular weight excluding hydrogens is 288 g/mol. The van der Waals surface area contributed by atoms with Gasteiger partial charge in [0.2, 0.25) is 5.95 Å². The molecule has 1 aliphatic carbocycles. The highest BCUT2D eigenvalue weighted by Crippen LogP contribution is 2.33. The Morgan fingerprint density at radius 3 is 2.95 bits per heavy atom. The summed E-state index contributed by atoms with van der Waals surface area (Å²) in [5.74, 6) is 2.01. The van der Waals surface area contributed by atoms with Gasteiger partial charge in [-0.25, -0.2) is 0 Å². The van der Waals surface area contributed by atoms with E-state index in [1.807, 2.05) is 10.6 Å². The molecule has 3 aromatic rings. The minimum absolute atomic E-state index is 0.613. The lowest BCUT2D eigenvalue weighted by Crippen LogP contribution is -1.96. The van der Waals surface area contributed by atoms with Crippen LogP contribution in [0.4, 0.5) is 11.8 Å². The Morgan fingerprint density at radius 2 is 2.10 bits per heavy atom. The molecule has 0 spiro atoms. The smallest absolute Gasteiger partial charge is 0.234 e. The topological polar surface area (TPSA) is 70.9 Å². The normalized spacial score (nSPS) is 15.9. The molecule has 1 fully saturated rings. The third-order valence-corrected chi connectivity index (χ3v) is 4.24. The summed E-state index contributed by atoms with van der Waals surface area (Å²) in [4.78, 5) is 0. The van der Waals surface area contributed by atoms with E-state index < -0.39 is 0 Å². The number of nitrogens with zero attached hydrogens (tertiary/aromatic N) is 4. The second kappa shape index (κ2) is 5.04. The molecule has 0 aliphatic heterocycles. The van der Waals surface area contributed by atoms with Crippen LogP contribution in [0.25, 0.3) is 5.65 Å². The SMILES string of the molecule is Clc1ccn2c(Nc3cc(C4CCCC4)[nH]n3)nnc2c1. The largest absolute Gasteiger partial charge is 0.307 e. The number of halogens is 1. The lowest BCUT2D eigenvalue weighted by Gasteiger charge is -2.03. The zero-order chi connectivity index (χ0) is 14.2. The average molecular weight is 303 g/mol. The number of H-pyrrole nitrogens is 1. The molecule has 0 aromatic carbocycles. The summed E-state index contributed by atoms with van der Waals surface area (Å²) >= 11 is 5.95. The fraction of sp³-hybridized carbons (Fsp3) is 0.357. The van der Waals surface area contributed by atoms with E-state index in [-0.39, 0.29) is 0 Å². The number of nitrogens with one attached hydrogen (secondary N) is 2. The molecular formula is C14H15ClN6. The van der Waals surface area contributed by atoms with Gasteiger partial charge in [-0.05, 0) is 18.9 Å². The number of anilines is 2. The van der Waals surface area contributed by atoms with Gasteiger partial charge >= 0.3 is 0 Å². The summed E-state index contributed by atoms with van der Waals surface area (Å²) < 4.78 is 1.84. The van der Waals surface area contributed by atoms with Crippen molar-refractivity contribution >= 4 is 29.0 Å². The predicted molar refractivity (Wildman–Crippen MR) is 81.1 cm³/mol. The molecule has 0 radical (unpaired) electrons. The number of hydrogen-bond acceptors (Lipinski definition) is 4. The van der Waals surface area contributed by atoms with Gasteiger partial charge in [0.25, 0.3) is 0 Å². The van der Waals surface area contributed by atoms with Crippen molar-refractivity contribution in [3.8, 4) is 0 Å². The van der Waals surface area contributed by atoms with E-state index in [1.165, 1.54) is 31.4 Å². The summed E-state index contributed by atoms with van der Waals surface area (Å²) in [6.07, 6.45) is 6.94. The minimum atomic E-state index is 0.613. The molecule has 7 heteroatoms. The van der Waals surface area contributed by atoms with Crippen LogP contribution in [0.3, 0.4) is 0 Å². The molecule has 2 N–H and O–H groups in total. The van der Waals surface area contributed by atoms with Crippen LogP contribution in [0.5, 0.6) is 0 Å². The van der Waals surface area contributed by atoms with Gasteiger partial charge < -0.3 is 5.32 Å². The first-order valence-corrected chi connectivity index (χ1v) is 7.50. The fourth-order valence-corrected chi connectivity index (χ4v) is 3.07. The molecule has 0 unspecified atom stereocenters. The highest BCUT2D eigenvalue weighted by Gasteiger charge is 2.19. The number of fused-ring (bicyclic) bond motifs is 1. The third kappa shape index (κ3) is 2.35. The lowest BCUT2D eigenvalue weighted by atomic mass is 10.0. The van der Waals surface area contributed by atoms with Crippen molar-refractivity contribution in [1.82, 2.24) is 24.8 Å². The van der Waals surface area contributed by atoms with Gasteiger partial charge in [-0.3, -0.25) is 9.50 Å². The quantitative estimate of drug-likeness (QED) is 0.776. The summed E-state index contributed by atoms with van der Waals surface area (Å²) in [5.41, 5.74) is 1.91. The van der Waals surface area contributed by atoms with Gasteiger partial charge in [0, 0.05) is 35.0 Å². The van der Waals surface area contributed by atoms with E-state index in [1.54, 1.807) is 12.1 Å². The van der Waals surface area contributed by atoms with Gasteiger partial charge in [-0.1, -0.05) is 24.4 Å². The summed E-state index contributed by atoms with van der Waals surface area (Å²) in [6.45, 7) is 0. The minimum Gasteiger partial charge on any atom is -0.307 e. The number of rotatable bonds is 3. The van der Waals surface area contributed by atoms with Crippen LogP contribution >= 0.6 is 11.6 Å². The van der Waals surface area contributed by atoms with E-state index in [9.17, 15) is 0 Å². The maximum atomic E-state index is 5.95. The van der Waals surface area contributed by atoms with Gasteiger partial charge in [-0.15, -0.1) is 10.2 Å². The molecule has 4 rings (SSSR count). The van der Waals surface area contributed by atoms with Gasteiger partial charge in [-0.2, -0.15) is 5.10 Å². The number of pyridine rings is 1. The first-order valence-electron chi connectivity index (χ1n) is 7.12. The third-order valence-electron chi connectivity index (χ3n) is 4.00.